The predicted molar refractivity (Wildman–Crippen MR) is 143 cm³/mol. The highest BCUT2D eigenvalue weighted by Crippen LogP contribution is 2.25. The van der Waals surface area contributed by atoms with Crippen molar-refractivity contribution in [1.29, 1.82) is 0 Å². The Morgan fingerprint density at radius 2 is 1.43 bits per heavy atom. The van der Waals surface area contributed by atoms with E-state index in [9.17, 15) is 14.4 Å². The molecule has 37 heavy (non-hydrogen) atoms. The van der Waals surface area contributed by atoms with Crippen molar-refractivity contribution in [2.24, 2.45) is 0 Å². The second kappa shape index (κ2) is 10.7. The number of imide groups is 2. The van der Waals surface area contributed by atoms with Gasteiger partial charge in [-0.25, -0.2) is 9.69 Å². The normalized spacial score (nSPS) is 15.1. The van der Waals surface area contributed by atoms with Crippen LogP contribution in [0.1, 0.15) is 37.5 Å². The summed E-state index contributed by atoms with van der Waals surface area (Å²) in [5.74, 6) is 0.0104. The molecule has 1 aliphatic rings. The molecule has 0 atom stereocenters. The van der Waals surface area contributed by atoms with E-state index in [1.54, 1.807) is 42.5 Å². The number of nitrogens with one attached hydrogen (secondary N) is 1. The zero-order valence-electron chi connectivity index (χ0n) is 21.4. The zero-order chi connectivity index (χ0) is 26.6. The Labute approximate surface area is 216 Å². The fourth-order valence-corrected chi connectivity index (χ4v) is 3.86. The van der Waals surface area contributed by atoms with Crippen LogP contribution in [0.15, 0.2) is 78.4 Å². The van der Waals surface area contributed by atoms with E-state index in [2.05, 4.69) is 38.2 Å². The first-order valence-corrected chi connectivity index (χ1v) is 12.1. The Kier molecular flexibility index (Phi) is 7.43. The molecule has 1 aliphatic heterocycles. The topological polar surface area (TPSA) is 84.9 Å². The van der Waals surface area contributed by atoms with Crippen LogP contribution in [0.3, 0.4) is 0 Å². The van der Waals surface area contributed by atoms with Crippen molar-refractivity contribution in [1.82, 2.24) is 5.32 Å². The maximum Gasteiger partial charge on any atom is 0.335 e. The van der Waals surface area contributed by atoms with E-state index in [4.69, 9.17) is 9.47 Å². The fourth-order valence-electron chi connectivity index (χ4n) is 3.86. The molecule has 1 heterocycles. The minimum absolute atomic E-state index is 0.0929. The SMILES string of the molecule is Cc1cccc(N2C(=O)NC(=O)C(=Cc3ccc(OCCOc4ccc(C(C)(C)C)cc4)cc3)C2=O)c1. The van der Waals surface area contributed by atoms with E-state index < -0.39 is 17.8 Å². The lowest BCUT2D eigenvalue weighted by atomic mass is 9.87. The van der Waals surface area contributed by atoms with Crippen molar-refractivity contribution in [3.05, 3.63) is 95.1 Å². The number of amides is 4. The molecule has 0 spiro atoms. The lowest BCUT2D eigenvalue weighted by Crippen LogP contribution is -2.54. The Morgan fingerprint density at radius 1 is 0.838 bits per heavy atom. The summed E-state index contributed by atoms with van der Waals surface area (Å²) < 4.78 is 11.5. The van der Waals surface area contributed by atoms with Gasteiger partial charge in [-0.1, -0.05) is 57.2 Å². The van der Waals surface area contributed by atoms with Crippen LogP contribution in [-0.4, -0.2) is 31.1 Å². The smallest absolute Gasteiger partial charge is 0.335 e. The summed E-state index contributed by atoms with van der Waals surface area (Å²) >= 11 is 0. The number of ether oxygens (including phenoxy) is 2. The average molecular weight is 499 g/mol. The van der Waals surface area contributed by atoms with Crippen LogP contribution in [0.25, 0.3) is 6.08 Å². The van der Waals surface area contributed by atoms with Crippen LogP contribution in [-0.2, 0) is 15.0 Å². The van der Waals surface area contributed by atoms with Gasteiger partial charge in [0.05, 0.1) is 5.69 Å². The maximum absolute atomic E-state index is 13.0. The number of hydrogen-bond acceptors (Lipinski definition) is 5. The molecule has 1 saturated heterocycles. The third-order valence-corrected chi connectivity index (χ3v) is 5.89. The summed E-state index contributed by atoms with van der Waals surface area (Å²) in [4.78, 5) is 38.8. The van der Waals surface area contributed by atoms with Crippen molar-refractivity contribution in [2.45, 2.75) is 33.1 Å². The minimum Gasteiger partial charge on any atom is -0.490 e. The molecule has 0 unspecified atom stereocenters. The van der Waals surface area contributed by atoms with Gasteiger partial charge in [0, 0.05) is 0 Å². The third-order valence-electron chi connectivity index (χ3n) is 5.89. The molecule has 0 bridgehead atoms. The molecule has 1 fully saturated rings. The number of nitrogens with zero attached hydrogens (tertiary/aromatic N) is 1. The highest BCUT2D eigenvalue weighted by molar-refractivity contribution is 6.39. The van der Waals surface area contributed by atoms with Gasteiger partial charge in [0.2, 0.25) is 0 Å². The van der Waals surface area contributed by atoms with Gasteiger partial charge >= 0.3 is 6.03 Å². The average Bonchev–Trinajstić information content (AvgIpc) is 2.85. The number of hydrogen-bond donors (Lipinski definition) is 1. The molecule has 0 aromatic heterocycles. The van der Waals surface area contributed by atoms with Crippen molar-refractivity contribution in [2.75, 3.05) is 18.1 Å². The maximum atomic E-state index is 13.0. The molecule has 4 rings (SSSR count). The molecule has 0 aliphatic carbocycles. The number of aryl methyl sites for hydroxylation is 1. The summed E-state index contributed by atoms with van der Waals surface area (Å²) in [5, 5.41) is 2.24. The van der Waals surface area contributed by atoms with Gasteiger partial charge in [-0.05, 0) is 71.5 Å². The van der Waals surface area contributed by atoms with Gasteiger partial charge in [-0.3, -0.25) is 14.9 Å². The first kappa shape index (κ1) is 25.7. The molecule has 3 aromatic carbocycles. The van der Waals surface area contributed by atoms with E-state index in [1.165, 1.54) is 11.6 Å². The monoisotopic (exact) mass is 498 g/mol. The largest absolute Gasteiger partial charge is 0.490 e. The Morgan fingerprint density at radius 3 is 2.00 bits per heavy atom. The zero-order valence-corrected chi connectivity index (χ0v) is 21.4. The molecule has 0 saturated carbocycles. The molecule has 3 aromatic rings. The van der Waals surface area contributed by atoms with Gasteiger partial charge in [0.15, 0.2) is 0 Å². The number of rotatable bonds is 7. The fraction of sp³-hybridized carbons (Fsp3) is 0.233. The summed E-state index contributed by atoms with van der Waals surface area (Å²) in [5.41, 5.74) is 3.13. The number of carbonyl (C=O) groups excluding carboxylic acids is 3. The van der Waals surface area contributed by atoms with Crippen LogP contribution < -0.4 is 19.7 Å². The highest BCUT2D eigenvalue weighted by atomic mass is 16.5. The van der Waals surface area contributed by atoms with E-state index in [1.807, 2.05) is 25.1 Å². The van der Waals surface area contributed by atoms with Crippen LogP contribution >= 0.6 is 0 Å². The summed E-state index contributed by atoms with van der Waals surface area (Å²) in [6.07, 6.45) is 1.46. The minimum atomic E-state index is -0.770. The molecule has 0 radical (unpaired) electrons. The van der Waals surface area contributed by atoms with Crippen LogP contribution in [0, 0.1) is 6.92 Å². The Balaban J connectivity index is 1.36. The van der Waals surface area contributed by atoms with E-state index in [0.717, 1.165) is 16.2 Å². The first-order chi connectivity index (χ1) is 17.6. The second-order valence-electron chi connectivity index (χ2n) is 9.84. The lowest BCUT2D eigenvalue weighted by molar-refractivity contribution is -0.122. The van der Waals surface area contributed by atoms with Gasteiger partial charge in [-0.15, -0.1) is 0 Å². The van der Waals surface area contributed by atoms with Crippen LogP contribution in [0.5, 0.6) is 11.5 Å². The third kappa shape index (κ3) is 6.25. The molecule has 4 amide bonds. The number of urea groups is 1. The number of benzene rings is 3. The number of anilines is 1. The van der Waals surface area contributed by atoms with Crippen LogP contribution in [0.4, 0.5) is 10.5 Å². The van der Waals surface area contributed by atoms with Crippen molar-refractivity contribution < 1.29 is 23.9 Å². The number of carbonyl (C=O) groups is 3. The predicted octanol–water partition coefficient (Wildman–Crippen LogP) is 5.42. The Bertz CT molecular complexity index is 1340. The summed E-state index contributed by atoms with van der Waals surface area (Å²) in [6, 6.07) is 21.2. The molecular weight excluding hydrogens is 468 g/mol. The van der Waals surface area contributed by atoms with Crippen molar-refractivity contribution in [3.8, 4) is 11.5 Å². The molecule has 1 N–H and O–H groups in total. The quantitative estimate of drug-likeness (QED) is 0.267. The summed E-state index contributed by atoms with van der Waals surface area (Å²) in [7, 11) is 0. The molecular formula is C30H30N2O5. The van der Waals surface area contributed by atoms with E-state index in [0.29, 0.717) is 30.2 Å². The van der Waals surface area contributed by atoms with Crippen molar-refractivity contribution in [3.63, 3.8) is 0 Å². The van der Waals surface area contributed by atoms with Gasteiger partial charge in [0.25, 0.3) is 11.8 Å². The standard InChI is InChI=1S/C30H30N2O5/c1-20-6-5-7-23(18-20)32-28(34)26(27(33)31-29(32)35)19-21-8-12-24(13-9-21)36-16-17-37-25-14-10-22(11-15-25)30(2,3)4/h5-15,18-19H,16-17H2,1-4H3,(H,31,33,35). The number of barbiturate groups is 1. The highest BCUT2D eigenvalue weighted by Gasteiger charge is 2.36. The lowest BCUT2D eigenvalue weighted by Gasteiger charge is -2.26. The van der Waals surface area contributed by atoms with Gasteiger partial charge < -0.3 is 9.47 Å². The van der Waals surface area contributed by atoms with Crippen molar-refractivity contribution >= 4 is 29.6 Å². The second-order valence-corrected chi connectivity index (χ2v) is 9.84. The summed E-state index contributed by atoms with van der Waals surface area (Å²) in [6.45, 7) is 9.11. The van der Waals surface area contributed by atoms with E-state index in [-0.39, 0.29) is 11.0 Å². The van der Waals surface area contributed by atoms with E-state index >= 15 is 0 Å². The van der Waals surface area contributed by atoms with Gasteiger partial charge in [0.1, 0.15) is 30.3 Å². The Hall–Kier alpha value is -4.39. The molecule has 190 valence electrons. The van der Waals surface area contributed by atoms with Gasteiger partial charge in [-0.2, -0.15) is 0 Å². The van der Waals surface area contributed by atoms with Crippen LogP contribution in [0.2, 0.25) is 0 Å². The molecule has 7 nitrogen and oxygen atoms in total. The molecule has 7 heteroatoms. The first-order valence-electron chi connectivity index (χ1n) is 12.1.